The number of nitrogens with one attached hydrogen (secondary N) is 1. The highest BCUT2D eigenvalue weighted by molar-refractivity contribution is 7.90. The maximum Gasteiger partial charge on any atom is 0.270 e. The Morgan fingerprint density at radius 3 is 2.26 bits per heavy atom. The predicted octanol–water partition coefficient (Wildman–Crippen LogP) is 3.41. The molecule has 1 heterocycles. The highest BCUT2D eigenvalue weighted by Crippen LogP contribution is 2.37. The lowest BCUT2D eigenvalue weighted by Gasteiger charge is -2.37. The average Bonchev–Trinajstić information content (AvgIpc) is 2.61. The van der Waals surface area contributed by atoms with Gasteiger partial charge < -0.3 is 9.66 Å². The zero-order valence-electron chi connectivity index (χ0n) is 15.0. The average molecular weight is 404 g/mol. The first kappa shape index (κ1) is 21.6. The molecule has 1 aromatic heterocycles. The minimum Gasteiger partial charge on any atom is -0.598 e. The summed E-state index contributed by atoms with van der Waals surface area (Å²) in [5.74, 6) is -2.50. The van der Waals surface area contributed by atoms with Crippen molar-refractivity contribution in [1.82, 2.24) is 9.71 Å². The van der Waals surface area contributed by atoms with Gasteiger partial charge in [-0.05, 0) is 50.1 Å². The fourth-order valence-electron chi connectivity index (χ4n) is 2.33. The molecule has 0 saturated carbocycles. The van der Waals surface area contributed by atoms with Crippen LogP contribution in [0.25, 0.3) is 0 Å². The van der Waals surface area contributed by atoms with Crippen LogP contribution in [0.2, 0.25) is 0 Å². The van der Waals surface area contributed by atoms with E-state index in [1.165, 1.54) is 18.3 Å². The molecule has 2 atom stereocenters. The SMILES string of the molecule is CC(C)(C)[S+]([O-])N[C@@](c1ccc(F)c(F)c1)(c1ccc(CO)cn1)C(F)F. The van der Waals surface area contributed by atoms with Crippen LogP contribution in [0.3, 0.4) is 0 Å². The Bertz CT molecular complexity index is 784. The number of aliphatic hydroxyl groups is 1. The molecule has 0 fully saturated rings. The van der Waals surface area contributed by atoms with E-state index in [4.69, 9.17) is 5.11 Å². The Morgan fingerprint density at radius 2 is 1.81 bits per heavy atom. The summed E-state index contributed by atoms with van der Waals surface area (Å²) in [5, 5.41) is 9.13. The van der Waals surface area contributed by atoms with Crippen molar-refractivity contribution in [3.8, 4) is 0 Å². The minimum atomic E-state index is -3.19. The molecule has 0 amide bonds. The third-order valence-electron chi connectivity index (χ3n) is 3.92. The van der Waals surface area contributed by atoms with Crippen molar-refractivity contribution in [1.29, 1.82) is 0 Å². The first-order chi connectivity index (χ1) is 12.5. The molecule has 4 nitrogen and oxygen atoms in total. The van der Waals surface area contributed by atoms with E-state index >= 15 is 0 Å². The van der Waals surface area contributed by atoms with Crippen molar-refractivity contribution in [2.24, 2.45) is 0 Å². The molecule has 0 aliphatic heterocycles. The highest BCUT2D eigenvalue weighted by Gasteiger charge is 2.51. The summed E-state index contributed by atoms with van der Waals surface area (Å²) >= 11 is -1.98. The van der Waals surface area contributed by atoms with Crippen LogP contribution >= 0.6 is 0 Å². The molecule has 27 heavy (non-hydrogen) atoms. The molecule has 0 radical (unpaired) electrons. The topological polar surface area (TPSA) is 68.2 Å². The Labute approximate surface area is 157 Å². The molecule has 0 spiro atoms. The lowest BCUT2D eigenvalue weighted by Crippen LogP contribution is -2.56. The first-order valence-corrected chi connectivity index (χ1v) is 9.17. The van der Waals surface area contributed by atoms with E-state index in [-0.39, 0.29) is 17.9 Å². The van der Waals surface area contributed by atoms with E-state index < -0.39 is 39.7 Å². The summed E-state index contributed by atoms with van der Waals surface area (Å²) in [6.07, 6.45) is -2.00. The maximum atomic E-state index is 14.4. The molecule has 0 bridgehead atoms. The number of hydrogen-bond acceptors (Lipinski definition) is 4. The number of hydrogen-bond donors (Lipinski definition) is 2. The number of pyridine rings is 1. The molecule has 0 saturated heterocycles. The quantitative estimate of drug-likeness (QED) is 0.572. The van der Waals surface area contributed by atoms with Crippen LogP contribution in [-0.2, 0) is 23.5 Å². The van der Waals surface area contributed by atoms with Gasteiger partial charge in [-0.25, -0.2) is 17.6 Å². The lowest BCUT2D eigenvalue weighted by atomic mass is 9.87. The third kappa shape index (κ3) is 4.43. The smallest absolute Gasteiger partial charge is 0.270 e. The summed E-state index contributed by atoms with van der Waals surface area (Å²) in [6, 6.07) is 4.97. The van der Waals surface area contributed by atoms with Gasteiger partial charge in [-0.2, -0.15) is 0 Å². The number of aromatic nitrogens is 1. The summed E-state index contributed by atoms with van der Waals surface area (Å²) in [4.78, 5) is 3.95. The van der Waals surface area contributed by atoms with E-state index in [9.17, 15) is 22.1 Å². The van der Waals surface area contributed by atoms with Gasteiger partial charge in [-0.3, -0.25) is 4.98 Å². The van der Waals surface area contributed by atoms with Crippen LogP contribution in [0.1, 0.15) is 37.6 Å². The van der Waals surface area contributed by atoms with Gasteiger partial charge in [0.25, 0.3) is 6.43 Å². The summed E-state index contributed by atoms with van der Waals surface area (Å²) < 4.78 is 70.0. The van der Waals surface area contributed by atoms with Crippen LogP contribution in [0, 0.1) is 11.6 Å². The fraction of sp³-hybridized carbons (Fsp3) is 0.389. The van der Waals surface area contributed by atoms with Crippen LogP contribution < -0.4 is 4.72 Å². The Kier molecular flexibility index (Phi) is 6.51. The van der Waals surface area contributed by atoms with Gasteiger partial charge >= 0.3 is 0 Å². The number of nitrogens with zero attached hydrogens (tertiary/aromatic N) is 1. The Hall–Kier alpha value is -1.68. The lowest BCUT2D eigenvalue weighted by molar-refractivity contribution is 0.0617. The third-order valence-corrected chi connectivity index (χ3v) is 5.54. The first-order valence-electron chi connectivity index (χ1n) is 8.02. The van der Waals surface area contributed by atoms with Crippen molar-refractivity contribution in [3.63, 3.8) is 0 Å². The Morgan fingerprint density at radius 1 is 1.15 bits per heavy atom. The van der Waals surface area contributed by atoms with Gasteiger partial charge in [0, 0.05) is 17.6 Å². The molecule has 9 heteroatoms. The maximum absolute atomic E-state index is 14.4. The monoisotopic (exact) mass is 404 g/mol. The zero-order valence-corrected chi connectivity index (χ0v) is 15.8. The highest BCUT2D eigenvalue weighted by atomic mass is 32.2. The van der Waals surface area contributed by atoms with Gasteiger partial charge in [-0.15, -0.1) is 4.72 Å². The van der Waals surface area contributed by atoms with E-state index in [2.05, 4.69) is 9.71 Å². The summed E-state index contributed by atoms with van der Waals surface area (Å²) in [5.41, 5.74) is -2.62. The number of aliphatic hydroxyl groups excluding tert-OH is 1. The van der Waals surface area contributed by atoms with E-state index in [0.717, 1.165) is 12.1 Å². The molecule has 0 aliphatic carbocycles. The van der Waals surface area contributed by atoms with Crippen LogP contribution in [-0.4, -0.2) is 25.8 Å². The van der Waals surface area contributed by atoms with Crippen molar-refractivity contribution < 1.29 is 27.2 Å². The minimum absolute atomic E-state index is 0.238. The summed E-state index contributed by atoms with van der Waals surface area (Å²) in [6.45, 7) is 4.40. The van der Waals surface area contributed by atoms with Crippen LogP contribution in [0.15, 0.2) is 36.5 Å². The molecule has 2 N–H and O–H groups in total. The molecule has 148 valence electrons. The van der Waals surface area contributed by atoms with Crippen molar-refractivity contribution in [2.45, 2.75) is 44.1 Å². The predicted molar refractivity (Wildman–Crippen MR) is 94.3 cm³/mol. The molecular weight excluding hydrogens is 384 g/mol. The van der Waals surface area contributed by atoms with E-state index in [1.54, 1.807) is 20.8 Å². The van der Waals surface area contributed by atoms with Crippen molar-refractivity contribution in [2.75, 3.05) is 0 Å². The zero-order chi connectivity index (χ0) is 20.4. The molecule has 1 unspecified atom stereocenters. The standard InChI is InChI=1S/C18H20F4N2O2S/c1-17(2,3)27(26)24-18(16(21)22,12-5-6-13(19)14(20)8-12)15-7-4-11(10-25)9-23-15/h4-9,16,24-25H,10H2,1-3H3/t18-,27?/m0/s1. The van der Waals surface area contributed by atoms with Crippen LogP contribution in [0.5, 0.6) is 0 Å². The van der Waals surface area contributed by atoms with E-state index in [1.807, 2.05) is 0 Å². The molecule has 2 rings (SSSR count). The van der Waals surface area contributed by atoms with Gasteiger partial charge in [0.15, 0.2) is 17.2 Å². The van der Waals surface area contributed by atoms with Gasteiger partial charge in [-0.1, -0.05) is 12.1 Å². The number of rotatable bonds is 6. The molecular formula is C18H20F4N2O2S. The molecule has 0 aliphatic rings. The normalized spacial score (nSPS) is 15.6. The van der Waals surface area contributed by atoms with Gasteiger partial charge in [0.1, 0.15) is 4.75 Å². The largest absolute Gasteiger partial charge is 0.598 e. The number of halogens is 4. The fourth-order valence-corrected chi connectivity index (χ4v) is 3.24. The number of alkyl halides is 2. The van der Waals surface area contributed by atoms with Gasteiger partial charge in [0.2, 0.25) is 0 Å². The van der Waals surface area contributed by atoms with Crippen molar-refractivity contribution >= 4 is 11.4 Å². The number of benzene rings is 1. The second-order valence-corrected chi connectivity index (χ2v) is 8.90. The molecule has 1 aromatic carbocycles. The second kappa shape index (κ2) is 8.14. The van der Waals surface area contributed by atoms with Gasteiger partial charge in [0.05, 0.1) is 12.3 Å². The van der Waals surface area contributed by atoms with E-state index in [0.29, 0.717) is 11.6 Å². The second-order valence-electron chi connectivity index (χ2n) is 6.93. The Balaban J connectivity index is 2.71. The van der Waals surface area contributed by atoms with Crippen molar-refractivity contribution in [3.05, 3.63) is 65.0 Å². The summed E-state index contributed by atoms with van der Waals surface area (Å²) in [7, 11) is 0. The van der Waals surface area contributed by atoms with Crippen LogP contribution in [0.4, 0.5) is 17.6 Å². The molecule has 2 aromatic rings.